The Balaban J connectivity index is 1.96. The molecule has 1 saturated carbocycles. The number of carboxylic acid groups (broad SMARTS) is 1. The molecule has 1 fully saturated rings. The van der Waals surface area contributed by atoms with Crippen LogP contribution in [-0.2, 0) is 9.53 Å². The standard InChI is InChI=1S/C14H21N3O4/c1-21-9-7-12(14(19)20)15-13(18)11-6-8-17(16-11)10-4-2-3-5-10/h6,8,10,12H,2-5,7,9H2,1H3,(H,15,18)(H,19,20). The highest BCUT2D eigenvalue weighted by Crippen LogP contribution is 2.28. The van der Waals surface area contributed by atoms with Gasteiger partial charge in [-0.2, -0.15) is 5.10 Å². The van der Waals surface area contributed by atoms with Crippen LogP contribution in [0.5, 0.6) is 0 Å². The molecule has 7 heteroatoms. The van der Waals surface area contributed by atoms with Gasteiger partial charge < -0.3 is 15.2 Å². The van der Waals surface area contributed by atoms with Crippen LogP contribution in [0.1, 0.15) is 48.6 Å². The molecule has 1 atom stereocenters. The molecule has 21 heavy (non-hydrogen) atoms. The van der Waals surface area contributed by atoms with Gasteiger partial charge in [0.1, 0.15) is 11.7 Å². The predicted octanol–water partition coefficient (Wildman–Crippen LogP) is 1.22. The first-order chi connectivity index (χ1) is 10.1. The number of rotatable bonds is 7. The van der Waals surface area contributed by atoms with Crippen molar-refractivity contribution < 1.29 is 19.4 Å². The first-order valence-corrected chi connectivity index (χ1v) is 7.19. The molecular weight excluding hydrogens is 274 g/mol. The SMILES string of the molecule is COCCC(NC(=O)c1ccn(C2CCCC2)n1)C(=O)O. The van der Waals surface area contributed by atoms with Gasteiger partial charge in [-0.3, -0.25) is 9.48 Å². The maximum Gasteiger partial charge on any atom is 0.326 e. The maximum absolute atomic E-state index is 12.1. The van der Waals surface area contributed by atoms with E-state index in [9.17, 15) is 9.59 Å². The van der Waals surface area contributed by atoms with E-state index in [-0.39, 0.29) is 18.7 Å². The van der Waals surface area contributed by atoms with Crippen molar-refractivity contribution in [1.29, 1.82) is 0 Å². The van der Waals surface area contributed by atoms with Crippen LogP contribution in [0.25, 0.3) is 0 Å². The van der Waals surface area contributed by atoms with Crippen LogP contribution < -0.4 is 5.32 Å². The third-order valence-corrected chi connectivity index (χ3v) is 3.75. The van der Waals surface area contributed by atoms with Crippen molar-refractivity contribution in [2.75, 3.05) is 13.7 Å². The third-order valence-electron chi connectivity index (χ3n) is 3.75. The minimum atomic E-state index is -1.07. The van der Waals surface area contributed by atoms with E-state index in [1.807, 2.05) is 4.68 Å². The highest BCUT2D eigenvalue weighted by atomic mass is 16.5. The lowest BCUT2D eigenvalue weighted by Crippen LogP contribution is -2.41. The molecule has 0 aliphatic heterocycles. The van der Waals surface area contributed by atoms with Crippen molar-refractivity contribution in [3.8, 4) is 0 Å². The number of carbonyl (C=O) groups excluding carboxylic acids is 1. The molecule has 1 aliphatic carbocycles. The van der Waals surface area contributed by atoms with Crippen LogP contribution in [0.2, 0.25) is 0 Å². The fourth-order valence-corrected chi connectivity index (χ4v) is 2.56. The van der Waals surface area contributed by atoms with Gasteiger partial charge in [0.2, 0.25) is 0 Å². The first-order valence-electron chi connectivity index (χ1n) is 7.19. The minimum absolute atomic E-state index is 0.223. The summed E-state index contributed by atoms with van der Waals surface area (Å²) in [6.45, 7) is 0.272. The molecule has 1 amide bonds. The topological polar surface area (TPSA) is 93.5 Å². The van der Waals surface area contributed by atoms with Gasteiger partial charge >= 0.3 is 5.97 Å². The van der Waals surface area contributed by atoms with E-state index in [1.165, 1.54) is 20.0 Å². The number of aromatic nitrogens is 2. The Bertz CT molecular complexity index is 494. The second-order valence-corrected chi connectivity index (χ2v) is 5.27. The summed E-state index contributed by atoms with van der Waals surface area (Å²) in [6, 6.07) is 1.02. The van der Waals surface area contributed by atoms with Crippen LogP contribution in [0.15, 0.2) is 12.3 Å². The first kappa shape index (κ1) is 15.5. The molecule has 1 aliphatic rings. The summed E-state index contributed by atoms with van der Waals surface area (Å²) >= 11 is 0. The second kappa shape index (κ2) is 7.21. The van der Waals surface area contributed by atoms with Crippen molar-refractivity contribution in [3.05, 3.63) is 18.0 Å². The number of methoxy groups -OCH3 is 1. The molecule has 1 heterocycles. The summed E-state index contributed by atoms with van der Waals surface area (Å²) in [5.74, 6) is -1.54. The fraction of sp³-hybridized carbons (Fsp3) is 0.643. The van der Waals surface area contributed by atoms with Gasteiger partial charge in [-0.1, -0.05) is 12.8 Å². The Kier molecular flexibility index (Phi) is 5.32. The molecule has 0 bridgehead atoms. The molecule has 2 rings (SSSR count). The van der Waals surface area contributed by atoms with Gasteiger partial charge in [0.15, 0.2) is 0 Å². The monoisotopic (exact) mass is 295 g/mol. The second-order valence-electron chi connectivity index (χ2n) is 5.27. The lowest BCUT2D eigenvalue weighted by molar-refractivity contribution is -0.139. The van der Waals surface area contributed by atoms with Crippen molar-refractivity contribution in [2.45, 2.75) is 44.2 Å². The van der Waals surface area contributed by atoms with Crippen LogP contribution in [0.4, 0.5) is 0 Å². The third kappa shape index (κ3) is 4.04. The van der Waals surface area contributed by atoms with Gasteiger partial charge in [0, 0.05) is 26.3 Å². The molecule has 1 unspecified atom stereocenters. The zero-order valence-corrected chi connectivity index (χ0v) is 12.1. The molecule has 7 nitrogen and oxygen atoms in total. The number of carbonyl (C=O) groups is 2. The van der Waals surface area contributed by atoms with Crippen molar-refractivity contribution in [2.24, 2.45) is 0 Å². The Morgan fingerprint density at radius 3 is 2.86 bits per heavy atom. The fourth-order valence-electron chi connectivity index (χ4n) is 2.56. The van der Waals surface area contributed by atoms with Crippen LogP contribution in [0, 0.1) is 0 Å². The molecule has 1 aromatic heterocycles. The Hall–Kier alpha value is -1.89. The predicted molar refractivity (Wildman–Crippen MR) is 75.1 cm³/mol. The van der Waals surface area contributed by atoms with Gasteiger partial charge in [-0.25, -0.2) is 4.79 Å². The summed E-state index contributed by atoms with van der Waals surface area (Å²) < 4.78 is 6.66. The number of hydrogen-bond acceptors (Lipinski definition) is 4. The number of aliphatic carboxylic acids is 1. The highest BCUT2D eigenvalue weighted by molar-refractivity contribution is 5.94. The van der Waals surface area contributed by atoms with E-state index in [0.29, 0.717) is 6.04 Å². The van der Waals surface area contributed by atoms with Crippen LogP contribution >= 0.6 is 0 Å². The molecule has 116 valence electrons. The number of hydrogen-bond donors (Lipinski definition) is 2. The van der Waals surface area contributed by atoms with E-state index in [1.54, 1.807) is 12.3 Å². The number of carboxylic acids is 1. The molecule has 0 radical (unpaired) electrons. The summed E-state index contributed by atoms with van der Waals surface area (Å²) in [6.07, 6.45) is 6.54. The molecule has 2 N–H and O–H groups in total. The van der Waals surface area contributed by atoms with Gasteiger partial charge in [0.05, 0.1) is 6.04 Å². The summed E-state index contributed by atoms with van der Waals surface area (Å²) in [4.78, 5) is 23.2. The number of amides is 1. The van der Waals surface area contributed by atoms with Crippen molar-refractivity contribution in [1.82, 2.24) is 15.1 Å². The average Bonchev–Trinajstić information content (AvgIpc) is 3.12. The highest BCUT2D eigenvalue weighted by Gasteiger charge is 2.23. The van der Waals surface area contributed by atoms with E-state index < -0.39 is 17.9 Å². The molecule has 0 saturated heterocycles. The molecule has 0 spiro atoms. The van der Waals surface area contributed by atoms with E-state index in [4.69, 9.17) is 9.84 Å². The van der Waals surface area contributed by atoms with Gasteiger partial charge in [-0.15, -0.1) is 0 Å². The molecule has 1 aromatic rings. The van der Waals surface area contributed by atoms with Crippen molar-refractivity contribution >= 4 is 11.9 Å². The van der Waals surface area contributed by atoms with E-state index in [2.05, 4.69) is 10.4 Å². The average molecular weight is 295 g/mol. The Labute approximate surface area is 123 Å². The minimum Gasteiger partial charge on any atom is -0.480 e. The number of nitrogens with zero attached hydrogens (tertiary/aromatic N) is 2. The largest absolute Gasteiger partial charge is 0.480 e. The van der Waals surface area contributed by atoms with Crippen molar-refractivity contribution in [3.63, 3.8) is 0 Å². The quantitative estimate of drug-likeness (QED) is 0.789. The van der Waals surface area contributed by atoms with Crippen LogP contribution in [-0.4, -0.2) is 46.5 Å². The smallest absolute Gasteiger partial charge is 0.326 e. The lowest BCUT2D eigenvalue weighted by atomic mass is 10.2. The maximum atomic E-state index is 12.1. The molecule has 0 aromatic carbocycles. The zero-order chi connectivity index (χ0) is 15.2. The number of ether oxygens (including phenoxy) is 1. The van der Waals surface area contributed by atoms with Crippen LogP contribution in [0.3, 0.4) is 0 Å². The summed E-state index contributed by atoms with van der Waals surface area (Å²) in [5, 5.41) is 15.8. The lowest BCUT2D eigenvalue weighted by Gasteiger charge is -2.13. The summed E-state index contributed by atoms with van der Waals surface area (Å²) in [7, 11) is 1.49. The Morgan fingerprint density at radius 1 is 1.52 bits per heavy atom. The van der Waals surface area contributed by atoms with E-state index >= 15 is 0 Å². The Morgan fingerprint density at radius 2 is 2.24 bits per heavy atom. The zero-order valence-electron chi connectivity index (χ0n) is 12.1. The normalized spacial score (nSPS) is 16.8. The molecular formula is C14H21N3O4. The van der Waals surface area contributed by atoms with Gasteiger partial charge in [-0.05, 0) is 18.9 Å². The van der Waals surface area contributed by atoms with Gasteiger partial charge in [0.25, 0.3) is 5.91 Å². The summed E-state index contributed by atoms with van der Waals surface area (Å²) in [5.41, 5.74) is 0.255. The van der Waals surface area contributed by atoms with E-state index in [0.717, 1.165) is 12.8 Å². The number of nitrogens with one attached hydrogen (secondary N) is 1.